The first kappa shape index (κ1) is 29.0. The standard InChI is InChI=1S/C32H25Cl2FN2O6S/c1-43-23-6-2-5-21(26(23)38)25-19-11-12-20-24(28(40)36(27(20)39)15-18-4-3-13-44-18)22(19)14-31(33)29(41)37(30(42)32(25,31)34)17-9-7-16(35)8-10-17/h2-11,13,20,22,24-25,38H,12,14-15H2,1H3. The van der Waals surface area contributed by atoms with Gasteiger partial charge in [-0.1, -0.05) is 29.8 Å². The van der Waals surface area contributed by atoms with Crippen molar-refractivity contribution in [1.82, 2.24) is 4.90 Å². The molecule has 3 heterocycles. The monoisotopic (exact) mass is 654 g/mol. The van der Waals surface area contributed by atoms with Gasteiger partial charge in [0.1, 0.15) is 5.82 Å². The number of methoxy groups -OCH3 is 1. The number of nitrogens with zero attached hydrogens (tertiary/aromatic N) is 2. The number of halogens is 3. The number of hydrogen-bond acceptors (Lipinski definition) is 7. The van der Waals surface area contributed by atoms with Gasteiger partial charge < -0.3 is 9.84 Å². The van der Waals surface area contributed by atoms with Crippen molar-refractivity contribution in [1.29, 1.82) is 0 Å². The van der Waals surface area contributed by atoms with E-state index in [-0.39, 0.29) is 54.0 Å². The number of amides is 4. The van der Waals surface area contributed by atoms with Crippen LogP contribution in [0.2, 0.25) is 0 Å². The van der Waals surface area contributed by atoms with Crippen LogP contribution in [0, 0.1) is 23.6 Å². The van der Waals surface area contributed by atoms with E-state index in [2.05, 4.69) is 0 Å². The minimum absolute atomic E-state index is 0.0773. The zero-order chi connectivity index (χ0) is 31.1. The van der Waals surface area contributed by atoms with Gasteiger partial charge in [0.2, 0.25) is 11.8 Å². The number of anilines is 1. The number of hydrogen-bond donors (Lipinski definition) is 1. The summed E-state index contributed by atoms with van der Waals surface area (Å²) in [6, 6.07) is 13.2. The van der Waals surface area contributed by atoms with Gasteiger partial charge in [0, 0.05) is 16.4 Å². The van der Waals surface area contributed by atoms with Crippen LogP contribution < -0.4 is 9.64 Å². The number of phenolic OH excluding ortho intramolecular Hbond substituents is 1. The fourth-order valence-corrected chi connectivity index (χ4v) is 9.08. The van der Waals surface area contributed by atoms with Gasteiger partial charge in [-0.05, 0) is 60.5 Å². The number of carbonyl (C=O) groups excluding carboxylic acids is 4. The van der Waals surface area contributed by atoms with Crippen LogP contribution in [-0.4, -0.2) is 50.5 Å². The van der Waals surface area contributed by atoms with Crippen molar-refractivity contribution in [3.63, 3.8) is 0 Å². The molecule has 1 N–H and O–H groups in total. The number of alkyl halides is 2. The molecule has 2 aliphatic carbocycles. The average Bonchev–Trinajstić information content (AvgIpc) is 3.65. The highest BCUT2D eigenvalue weighted by Crippen LogP contribution is 2.66. The molecule has 2 saturated heterocycles. The summed E-state index contributed by atoms with van der Waals surface area (Å²) in [7, 11) is 1.38. The number of imide groups is 2. The van der Waals surface area contributed by atoms with E-state index in [1.165, 1.54) is 41.5 Å². The summed E-state index contributed by atoms with van der Waals surface area (Å²) in [6.07, 6.45) is 1.80. The van der Waals surface area contributed by atoms with Gasteiger partial charge >= 0.3 is 0 Å². The number of ether oxygens (including phenoxy) is 1. The van der Waals surface area contributed by atoms with Gasteiger partial charge in [0.05, 0.1) is 31.2 Å². The zero-order valence-corrected chi connectivity index (χ0v) is 25.5. The zero-order valence-electron chi connectivity index (χ0n) is 23.2. The molecule has 0 radical (unpaired) electrons. The molecule has 6 atom stereocenters. The number of para-hydroxylation sites is 1. The Balaban J connectivity index is 1.40. The lowest BCUT2D eigenvalue weighted by molar-refractivity contribution is -0.141. The molecule has 4 aliphatic rings. The Hall–Kier alpha value is -3.73. The molecule has 8 nitrogen and oxygen atoms in total. The number of allylic oxidation sites excluding steroid dienone is 2. The van der Waals surface area contributed by atoms with E-state index in [0.717, 1.165) is 21.9 Å². The van der Waals surface area contributed by atoms with E-state index in [4.69, 9.17) is 27.9 Å². The second-order valence-corrected chi connectivity index (χ2v) is 13.8. The summed E-state index contributed by atoms with van der Waals surface area (Å²) < 4.78 is 19.2. The number of benzene rings is 2. The van der Waals surface area contributed by atoms with E-state index >= 15 is 0 Å². The van der Waals surface area contributed by atoms with Gasteiger partial charge in [-0.15, -0.1) is 34.5 Å². The molecule has 1 aromatic heterocycles. The summed E-state index contributed by atoms with van der Waals surface area (Å²) in [6.45, 7) is 0.131. The van der Waals surface area contributed by atoms with Crippen molar-refractivity contribution < 1.29 is 33.4 Å². The minimum atomic E-state index is -2.15. The molecule has 12 heteroatoms. The van der Waals surface area contributed by atoms with Crippen molar-refractivity contribution >= 4 is 63.9 Å². The van der Waals surface area contributed by atoms with Crippen molar-refractivity contribution in [2.24, 2.45) is 17.8 Å². The number of rotatable bonds is 5. The number of aromatic hydroxyl groups is 1. The average molecular weight is 656 g/mol. The highest BCUT2D eigenvalue weighted by Gasteiger charge is 2.77. The van der Waals surface area contributed by atoms with E-state index in [1.807, 2.05) is 17.5 Å². The van der Waals surface area contributed by atoms with Gasteiger partial charge in [-0.2, -0.15) is 0 Å². The Kier molecular flexibility index (Phi) is 6.69. The van der Waals surface area contributed by atoms with Crippen LogP contribution in [0.1, 0.15) is 29.2 Å². The maximum absolute atomic E-state index is 14.4. The molecule has 7 rings (SSSR count). The number of fused-ring (bicyclic) bond motifs is 4. The molecule has 2 aromatic carbocycles. The summed E-state index contributed by atoms with van der Waals surface area (Å²) in [5, 5.41) is 13.2. The lowest BCUT2D eigenvalue weighted by atomic mass is 9.56. The van der Waals surface area contributed by atoms with Crippen LogP contribution in [0.4, 0.5) is 10.1 Å². The first-order chi connectivity index (χ1) is 21.0. The van der Waals surface area contributed by atoms with Gasteiger partial charge in [-0.25, -0.2) is 9.29 Å². The Labute approximate surface area is 265 Å². The molecule has 0 bridgehead atoms. The summed E-state index contributed by atoms with van der Waals surface area (Å²) in [4.78, 5) is 55.0. The first-order valence-corrected chi connectivity index (χ1v) is 15.6. The van der Waals surface area contributed by atoms with Crippen LogP contribution in [0.5, 0.6) is 11.5 Å². The Morgan fingerprint density at radius 2 is 1.75 bits per heavy atom. The quantitative estimate of drug-likeness (QED) is 0.226. The molecule has 3 fully saturated rings. The second kappa shape index (κ2) is 10.2. The fourth-order valence-electron chi connectivity index (χ4n) is 7.46. The van der Waals surface area contributed by atoms with Crippen molar-refractivity contribution in [3.8, 4) is 11.5 Å². The van der Waals surface area contributed by atoms with E-state index < -0.39 is 51.1 Å². The number of likely N-dealkylation sites (tertiary alicyclic amines) is 1. The fraction of sp³-hybridized carbons (Fsp3) is 0.312. The van der Waals surface area contributed by atoms with E-state index in [0.29, 0.717) is 5.57 Å². The van der Waals surface area contributed by atoms with E-state index in [9.17, 15) is 28.7 Å². The summed E-state index contributed by atoms with van der Waals surface area (Å²) >= 11 is 16.1. The molecule has 3 aromatic rings. The third kappa shape index (κ3) is 3.80. The first-order valence-electron chi connectivity index (χ1n) is 14.0. The van der Waals surface area contributed by atoms with E-state index in [1.54, 1.807) is 18.2 Å². The molecular formula is C32H25Cl2FN2O6S. The van der Waals surface area contributed by atoms with Gasteiger partial charge in [0.25, 0.3) is 11.8 Å². The lowest BCUT2D eigenvalue weighted by Gasteiger charge is -2.50. The third-order valence-electron chi connectivity index (χ3n) is 9.44. The smallest absolute Gasteiger partial charge is 0.258 e. The maximum Gasteiger partial charge on any atom is 0.258 e. The van der Waals surface area contributed by atoms with Crippen LogP contribution in [0.25, 0.3) is 0 Å². The molecule has 1 saturated carbocycles. The molecule has 6 unspecified atom stereocenters. The summed E-state index contributed by atoms with van der Waals surface area (Å²) in [5.41, 5.74) is 0.809. The van der Waals surface area contributed by atoms with Crippen molar-refractivity contribution in [2.45, 2.75) is 35.1 Å². The topological polar surface area (TPSA) is 104 Å². The SMILES string of the molecule is COc1cccc(C2C3=CCC4C(=O)N(Cc5cccs5)C(=O)C4C3CC3(Cl)C(=O)N(c4ccc(F)cc4)C(=O)C23Cl)c1O. The molecule has 2 aliphatic heterocycles. The van der Waals surface area contributed by atoms with Crippen molar-refractivity contribution in [3.05, 3.63) is 87.9 Å². The second-order valence-electron chi connectivity index (χ2n) is 11.5. The maximum atomic E-state index is 14.4. The largest absolute Gasteiger partial charge is 0.504 e. The van der Waals surface area contributed by atoms with Crippen LogP contribution in [0.15, 0.2) is 71.6 Å². The number of carbonyl (C=O) groups is 4. The molecule has 0 spiro atoms. The highest BCUT2D eigenvalue weighted by atomic mass is 35.5. The van der Waals surface area contributed by atoms with Crippen LogP contribution >= 0.6 is 34.5 Å². The van der Waals surface area contributed by atoms with Gasteiger partial charge in [-0.3, -0.25) is 24.1 Å². The van der Waals surface area contributed by atoms with Crippen LogP contribution in [-0.2, 0) is 25.7 Å². The Morgan fingerprint density at radius 1 is 1.00 bits per heavy atom. The predicted molar refractivity (Wildman–Crippen MR) is 161 cm³/mol. The molecule has 44 heavy (non-hydrogen) atoms. The Bertz CT molecular complexity index is 1760. The Morgan fingerprint density at radius 3 is 2.43 bits per heavy atom. The highest BCUT2D eigenvalue weighted by molar-refractivity contribution is 7.09. The third-order valence-corrected chi connectivity index (χ3v) is 11.7. The minimum Gasteiger partial charge on any atom is -0.504 e. The molecular weight excluding hydrogens is 630 g/mol. The number of thiophene rings is 1. The van der Waals surface area contributed by atoms with Crippen LogP contribution in [0.3, 0.4) is 0 Å². The normalized spacial score (nSPS) is 31.1. The number of phenols is 1. The summed E-state index contributed by atoms with van der Waals surface area (Å²) in [5.74, 6) is -6.56. The lowest BCUT2D eigenvalue weighted by Crippen LogP contribution is -2.60. The predicted octanol–water partition coefficient (Wildman–Crippen LogP) is 5.37. The molecule has 4 amide bonds. The van der Waals surface area contributed by atoms with Crippen molar-refractivity contribution in [2.75, 3.05) is 12.0 Å². The van der Waals surface area contributed by atoms with Gasteiger partial charge in [0.15, 0.2) is 21.2 Å². The molecule has 226 valence electrons.